The lowest BCUT2D eigenvalue weighted by Crippen LogP contribution is -2.59. The molecule has 2 heterocycles. The average Bonchev–Trinajstić information content (AvgIpc) is 4.41. The third-order valence-corrected chi connectivity index (χ3v) is 16.4. The number of hydrogen-bond acceptors (Lipinski definition) is 11. The molecule has 4 aliphatic rings. The number of nitrogens with one attached hydrogen (secondary N) is 8. The maximum absolute atomic E-state index is 14.9. The Hall–Kier alpha value is -8.42. The second-order valence-electron chi connectivity index (χ2n) is 23.5. The minimum Gasteiger partial charge on any atom is -0.399 e. The first-order valence-electron chi connectivity index (χ1n) is 28.1. The van der Waals surface area contributed by atoms with Crippen molar-refractivity contribution in [3.63, 3.8) is 0 Å². The molecule has 1 unspecified atom stereocenters. The van der Waals surface area contributed by atoms with Crippen molar-refractivity contribution in [2.45, 2.75) is 122 Å². The summed E-state index contributed by atoms with van der Waals surface area (Å²) in [6.07, 6.45) is 0.0499. The number of amides is 8. The van der Waals surface area contributed by atoms with Crippen LogP contribution in [0.25, 0.3) is 22.3 Å². The number of likely N-dealkylation sites (tertiary alicyclic amines) is 2. The van der Waals surface area contributed by atoms with Gasteiger partial charge in [-0.05, 0) is 115 Å². The Bertz CT molecular complexity index is 3230. The van der Waals surface area contributed by atoms with Crippen LogP contribution in [0.3, 0.4) is 0 Å². The zero-order chi connectivity index (χ0) is 58.9. The Morgan fingerprint density at radius 2 is 0.878 bits per heavy atom. The van der Waals surface area contributed by atoms with Crippen LogP contribution >= 0.6 is 0 Å². The number of nitrogens with zero attached hydrogens (tertiary/aromatic N) is 2. The van der Waals surface area contributed by atoms with Gasteiger partial charge in [-0.3, -0.25) is 38.4 Å². The molecule has 0 radical (unpaired) electrons. The highest BCUT2D eigenvalue weighted by atomic mass is 16.2. The first-order valence-corrected chi connectivity index (χ1v) is 28.1. The number of carbonyl (C=O) groups excluding carboxylic acids is 8. The summed E-state index contributed by atoms with van der Waals surface area (Å²) in [5.41, 5.74) is 13.3. The maximum atomic E-state index is 14.9. The molecule has 0 saturated carbocycles. The van der Waals surface area contributed by atoms with Gasteiger partial charge in [-0.1, -0.05) is 132 Å². The van der Waals surface area contributed by atoms with Crippen LogP contribution in [0, 0.1) is 11.3 Å². The Balaban J connectivity index is 0.947. The van der Waals surface area contributed by atoms with E-state index in [1.54, 1.807) is 41.8 Å². The van der Waals surface area contributed by atoms with Gasteiger partial charge in [-0.2, -0.15) is 0 Å². The van der Waals surface area contributed by atoms with E-state index in [0.717, 1.165) is 44.5 Å². The fourth-order valence-electron chi connectivity index (χ4n) is 11.7. The van der Waals surface area contributed by atoms with Crippen LogP contribution in [-0.4, -0.2) is 133 Å². The lowest BCUT2D eigenvalue weighted by atomic mass is 9.85. The number of benzene rings is 5. The molecule has 5 aromatic rings. The molecule has 2 aliphatic carbocycles. The first kappa shape index (κ1) is 58.2. The second-order valence-corrected chi connectivity index (χ2v) is 23.5. The van der Waals surface area contributed by atoms with Gasteiger partial charge in [-0.25, -0.2) is 0 Å². The topological polar surface area (TPSA) is 265 Å². The molecule has 8 atom stereocenters. The van der Waals surface area contributed by atoms with Gasteiger partial charge < -0.3 is 58.1 Å². The van der Waals surface area contributed by atoms with Crippen LogP contribution < -0.4 is 48.3 Å². The molecule has 10 N–H and O–H groups in total. The number of nitrogen functional groups attached to an aromatic ring is 1. The van der Waals surface area contributed by atoms with E-state index in [-0.39, 0.29) is 48.7 Å². The lowest BCUT2D eigenvalue weighted by molar-refractivity contribution is -0.144. The van der Waals surface area contributed by atoms with E-state index in [2.05, 4.69) is 42.5 Å². The van der Waals surface area contributed by atoms with Crippen molar-refractivity contribution in [2.75, 3.05) is 32.9 Å². The van der Waals surface area contributed by atoms with E-state index in [9.17, 15) is 38.4 Å². The molecule has 2 saturated heterocycles. The van der Waals surface area contributed by atoms with Crippen molar-refractivity contribution in [3.05, 3.63) is 149 Å². The predicted octanol–water partition coefficient (Wildman–Crippen LogP) is 4.33. The maximum Gasteiger partial charge on any atom is 0.251 e. The monoisotopic (exact) mass is 1110 g/mol. The molecular weight excluding hydrogens is 1040 g/mol. The number of likely N-dealkylation sites (N-methyl/N-ethyl adjacent to an activating group) is 2. The van der Waals surface area contributed by atoms with Crippen LogP contribution in [0.2, 0.25) is 0 Å². The average molecular weight is 1110 g/mol. The largest absolute Gasteiger partial charge is 0.399 e. The van der Waals surface area contributed by atoms with Crippen molar-refractivity contribution < 1.29 is 38.4 Å². The van der Waals surface area contributed by atoms with Gasteiger partial charge in [0.2, 0.25) is 35.4 Å². The molecular formula is C63H75N11O8. The molecule has 430 valence electrons. The standard InChI is InChI=1S/C63H75N11O8/c1-33(2)51(69-55(75)34(3)65-8)61(81)73-31-39(29-49(73)59(79)70-52-45-22-14-10-18-41(45)42-19-11-15-23-46(42)52)67-57(77)36-26-37(28-38(64)27-36)58(78)68-40-30-50(74(32-40)62(82)54(63(5,6)7)72-56(76)35(4)66-9)60(80)71-53-47-24-16-12-20-43(47)44-21-13-17-25-48(44)53/h10-28,33-35,39-40,49-54,65-66H,29-32,64H2,1-9H3,(H,67,77)(H,68,78)(H,69,75)(H,70,79)(H,71,80)(H,72,76)/t34-,35-,39-,40-,49?,50-,51+,54-/m0/s1. The van der Waals surface area contributed by atoms with E-state index in [1.165, 1.54) is 28.0 Å². The van der Waals surface area contributed by atoms with Crippen molar-refractivity contribution >= 4 is 52.9 Å². The summed E-state index contributed by atoms with van der Waals surface area (Å²) >= 11 is 0. The Kier molecular flexibility index (Phi) is 17.0. The number of rotatable bonds is 17. The number of carbonyl (C=O) groups is 8. The minimum absolute atomic E-state index is 0.0218. The van der Waals surface area contributed by atoms with Crippen LogP contribution in [-0.2, 0) is 28.8 Å². The van der Waals surface area contributed by atoms with Gasteiger partial charge in [-0.15, -0.1) is 0 Å². The summed E-state index contributed by atoms with van der Waals surface area (Å²) in [5.74, 6) is -4.27. The number of hydrogen-bond donors (Lipinski definition) is 9. The molecule has 9 rings (SSSR count). The molecule has 82 heavy (non-hydrogen) atoms. The van der Waals surface area contributed by atoms with Crippen molar-refractivity contribution in [3.8, 4) is 22.3 Å². The number of fused-ring (bicyclic) bond motifs is 6. The predicted molar refractivity (Wildman–Crippen MR) is 313 cm³/mol. The number of nitrogens with two attached hydrogens (primary N) is 1. The van der Waals surface area contributed by atoms with E-state index in [0.29, 0.717) is 0 Å². The van der Waals surface area contributed by atoms with E-state index >= 15 is 0 Å². The van der Waals surface area contributed by atoms with E-state index < -0.39 is 113 Å². The third-order valence-electron chi connectivity index (χ3n) is 16.4. The fraction of sp³-hybridized carbons (Fsp3) is 0.397. The Morgan fingerprint density at radius 1 is 0.512 bits per heavy atom. The molecule has 0 aromatic heterocycles. The highest BCUT2D eigenvalue weighted by molar-refractivity contribution is 6.02. The zero-order valence-corrected chi connectivity index (χ0v) is 47.9. The normalized spacial score (nSPS) is 19.6. The van der Waals surface area contributed by atoms with Gasteiger partial charge in [0.15, 0.2) is 0 Å². The van der Waals surface area contributed by atoms with Gasteiger partial charge in [0, 0.05) is 42.0 Å². The van der Waals surface area contributed by atoms with Gasteiger partial charge in [0.05, 0.1) is 24.2 Å². The van der Waals surface area contributed by atoms with E-state index in [4.69, 9.17) is 5.73 Å². The van der Waals surface area contributed by atoms with Crippen molar-refractivity contribution in [1.29, 1.82) is 0 Å². The molecule has 19 heteroatoms. The quantitative estimate of drug-likeness (QED) is 0.0592. The second kappa shape index (κ2) is 24.0. The zero-order valence-electron chi connectivity index (χ0n) is 47.9. The van der Waals surface area contributed by atoms with Crippen LogP contribution in [0.15, 0.2) is 115 Å². The first-order chi connectivity index (χ1) is 39.1. The third kappa shape index (κ3) is 11.8. The SMILES string of the molecule is CN[C@@H](C)C(=O)N[C@@H](C(=O)N1C[C@@H](NC(=O)c2cc(N)cc(C(=O)N[C@H]3C[C@@H](C(=O)NC4c5ccccc5-c5ccccc54)N(C(=O)[C@H](NC(=O)[C@H](C)NC)C(C)(C)C)C3)c2)CC1C(=O)NC1c2ccccc2-c2ccccc21)C(C)C. The summed E-state index contributed by atoms with van der Waals surface area (Å²) in [6.45, 7) is 12.3. The Morgan fingerprint density at radius 3 is 1.24 bits per heavy atom. The summed E-state index contributed by atoms with van der Waals surface area (Å²) in [7, 11) is 3.28. The van der Waals surface area contributed by atoms with Crippen molar-refractivity contribution in [2.24, 2.45) is 11.3 Å². The van der Waals surface area contributed by atoms with Gasteiger partial charge >= 0.3 is 0 Å². The summed E-state index contributed by atoms with van der Waals surface area (Å²) < 4.78 is 0. The Labute approximate surface area is 478 Å². The molecule has 19 nitrogen and oxygen atoms in total. The summed E-state index contributed by atoms with van der Waals surface area (Å²) in [6, 6.07) is 27.5. The molecule has 5 aromatic carbocycles. The molecule has 8 amide bonds. The minimum atomic E-state index is -1.07. The highest BCUT2D eigenvalue weighted by Crippen LogP contribution is 2.45. The van der Waals surface area contributed by atoms with Gasteiger partial charge in [0.25, 0.3) is 11.8 Å². The molecule has 2 fully saturated rings. The molecule has 0 spiro atoms. The van der Waals surface area contributed by atoms with Crippen LogP contribution in [0.5, 0.6) is 0 Å². The lowest BCUT2D eigenvalue weighted by Gasteiger charge is -2.36. The molecule has 2 aliphatic heterocycles. The van der Waals surface area contributed by atoms with Crippen LogP contribution in [0.4, 0.5) is 5.69 Å². The fourth-order valence-corrected chi connectivity index (χ4v) is 11.7. The molecule has 0 bridgehead atoms. The summed E-state index contributed by atoms with van der Waals surface area (Å²) in [5, 5.41) is 24.0. The summed E-state index contributed by atoms with van der Waals surface area (Å²) in [4.78, 5) is 117. The highest BCUT2D eigenvalue weighted by Gasteiger charge is 2.48. The van der Waals surface area contributed by atoms with E-state index in [1.807, 2.05) is 118 Å². The van der Waals surface area contributed by atoms with Crippen molar-refractivity contribution in [1.82, 2.24) is 52.3 Å². The number of anilines is 1. The van der Waals surface area contributed by atoms with Crippen LogP contribution in [0.1, 0.15) is 116 Å². The van der Waals surface area contributed by atoms with Gasteiger partial charge in [0.1, 0.15) is 24.2 Å². The smallest absolute Gasteiger partial charge is 0.251 e.